The molecule has 0 aliphatic carbocycles. The Bertz CT molecular complexity index is 913. The molecule has 1 amide bonds. The first-order valence-electron chi connectivity index (χ1n) is 8.36. The van der Waals surface area contributed by atoms with Crippen LogP contribution in [-0.4, -0.2) is 49.2 Å². The van der Waals surface area contributed by atoms with Crippen molar-refractivity contribution in [1.82, 2.24) is 10.2 Å². The predicted octanol–water partition coefficient (Wildman–Crippen LogP) is 3.01. The van der Waals surface area contributed by atoms with Crippen LogP contribution in [0.5, 0.6) is 5.75 Å². The fourth-order valence-electron chi connectivity index (χ4n) is 2.32. The number of hydrogen-bond donors (Lipinski definition) is 1. The van der Waals surface area contributed by atoms with Gasteiger partial charge in [-0.3, -0.25) is 14.4 Å². The first-order chi connectivity index (χ1) is 13.3. The van der Waals surface area contributed by atoms with Gasteiger partial charge in [-0.25, -0.2) is 8.42 Å². The molecular weight excluding hydrogens is 420 g/mol. The summed E-state index contributed by atoms with van der Waals surface area (Å²) in [6, 6.07) is 5.54. The monoisotopic (exact) mass is 442 g/mol. The minimum absolute atomic E-state index is 0.309. The van der Waals surface area contributed by atoms with Gasteiger partial charge in [0.1, 0.15) is 11.8 Å². The number of carbonyl (C=O) groups excluding carboxylic acids is 1. The van der Waals surface area contributed by atoms with Crippen LogP contribution in [-0.2, 0) is 14.8 Å². The van der Waals surface area contributed by atoms with Crippen LogP contribution in [0.3, 0.4) is 0 Å². The summed E-state index contributed by atoms with van der Waals surface area (Å²) in [6.07, 6.45) is 2.80. The van der Waals surface area contributed by atoms with Crippen molar-refractivity contribution in [3.05, 3.63) is 36.9 Å². The fourth-order valence-corrected chi connectivity index (χ4v) is 5.01. The van der Waals surface area contributed by atoms with Crippen LogP contribution in [0.1, 0.15) is 13.8 Å². The van der Waals surface area contributed by atoms with Crippen LogP contribution < -0.4 is 14.4 Å². The summed E-state index contributed by atoms with van der Waals surface area (Å²) in [5.41, 5.74) is 0.369. The molecule has 0 aliphatic heterocycles. The number of carbonyl (C=O) groups is 1. The van der Waals surface area contributed by atoms with Gasteiger partial charge in [0.25, 0.3) is 0 Å². The molecule has 1 atom stereocenters. The molecule has 2 aromatic rings. The molecule has 0 saturated carbocycles. The van der Waals surface area contributed by atoms with Crippen LogP contribution in [0.15, 0.2) is 41.3 Å². The number of nitrogens with zero attached hydrogens (tertiary/aromatic N) is 3. The molecule has 1 heterocycles. The number of sulfonamides is 1. The second kappa shape index (κ2) is 9.89. The first-order valence-corrected chi connectivity index (χ1v) is 12.0. The number of ether oxygens (including phenoxy) is 1. The molecule has 0 spiro atoms. The Morgan fingerprint density at radius 1 is 1.39 bits per heavy atom. The van der Waals surface area contributed by atoms with Crippen molar-refractivity contribution in [2.24, 2.45) is 0 Å². The van der Waals surface area contributed by atoms with Gasteiger partial charge in [0, 0.05) is 5.75 Å². The van der Waals surface area contributed by atoms with Crippen LogP contribution in [0.25, 0.3) is 0 Å². The maximum absolute atomic E-state index is 12.6. The molecule has 1 N–H and O–H groups in total. The third-order valence-electron chi connectivity index (χ3n) is 3.45. The SMILES string of the molecule is C=CCSc1nnc(NC(=O)[C@H](C)N(c2ccc(OCC)cc2)S(C)(=O)=O)s1. The Kier molecular flexibility index (Phi) is 7.84. The maximum atomic E-state index is 12.6. The zero-order valence-electron chi connectivity index (χ0n) is 15.8. The molecule has 0 bridgehead atoms. The highest BCUT2D eigenvalue weighted by Gasteiger charge is 2.29. The van der Waals surface area contributed by atoms with Crippen molar-refractivity contribution < 1.29 is 17.9 Å². The molecule has 2 rings (SSSR count). The Labute approximate surface area is 173 Å². The van der Waals surface area contributed by atoms with E-state index in [0.29, 0.717) is 33.3 Å². The quantitative estimate of drug-likeness (QED) is 0.343. The maximum Gasteiger partial charge on any atom is 0.249 e. The summed E-state index contributed by atoms with van der Waals surface area (Å²) in [5.74, 6) is 0.796. The lowest BCUT2D eigenvalue weighted by Crippen LogP contribution is -2.45. The highest BCUT2D eigenvalue weighted by atomic mass is 32.2. The lowest BCUT2D eigenvalue weighted by atomic mass is 10.2. The molecule has 1 aromatic carbocycles. The summed E-state index contributed by atoms with van der Waals surface area (Å²) in [6.45, 7) is 7.51. The van der Waals surface area contributed by atoms with E-state index in [1.807, 2.05) is 6.92 Å². The highest BCUT2D eigenvalue weighted by molar-refractivity contribution is 8.01. The zero-order chi connectivity index (χ0) is 20.7. The molecule has 0 saturated heterocycles. The average molecular weight is 443 g/mol. The van der Waals surface area contributed by atoms with Gasteiger partial charge < -0.3 is 4.74 Å². The second-order valence-electron chi connectivity index (χ2n) is 5.62. The van der Waals surface area contributed by atoms with Gasteiger partial charge in [-0.15, -0.1) is 16.8 Å². The van der Waals surface area contributed by atoms with E-state index in [2.05, 4.69) is 22.1 Å². The van der Waals surface area contributed by atoms with E-state index >= 15 is 0 Å². The second-order valence-corrected chi connectivity index (χ2v) is 9.73. The van der Waals surface area contributed by atoms with Gasteiger partial charge >= 0.3 is 0 Å². The summed E-state index contributed by atoms with van der Waals surface area (Å²) in [4.78, 5) is 12.6. The number of thioether (sulfide) groups is 1. The average Bonchev–Trinajstić information content (AvgIpc) is 3.08. The predicted molar refractivity (Wildman–Crippen MR) is 114 cm³/mol. The van der Waals surface area contributed by atoms with Crippen LogP contribution in [0.2, 0.25) is 0 Å². The Morgan fingerprint density at radius 2 is 2.07 bits per heavy atom. The van der Waals surface area contributed by atoms with Gasteiger partial charge in [-0.1, -0.05) is 29.2 Å². The van der Waals surface area contributed by atoms with E-state index in [1.165, 1.54) is 30.0 Å². The van der Waals surface area contributed by atoms with Gasteiger partial charge in [0.2, 0.25) is 21.1 Å². The summed E-state index contributed by atoms with van der Waals surface area (Å²) in [5, 5.41) is 10.8. The summed E-state index contributed by atoms with van der Waals surface area (Å²) < 4.78 is 31.8. The van der Waals surface area contributed by atoms with Crippen molar-refractivity contribution in [2.45, 2.75) is 24.2 Å². The van der Waals surface area contributed by atoms with E-state index < -0.39 is 22.0 Å². The zero-order valence-corrected chi connectivity index (χ0v) is 18.2. The number of amides is 1. The molecule has 0 radical (unpaired) electrons. The molecule has 152 valence electrons. The van der Waals surface area contributed by atoms with Crippen molar-refractivity contribution in [1.29, 1.82) is 0 Å². The molecular formula is C17H22N4O4S3. The molecule has 0 fully saturated rings. The Hall–Kier alpha value is -2.11. The highest BCUT2D eigenvalue weighted by Crippen LogP contribution is 2.27. The number of rotatable bonds is 10. The van der Waals surface area contributed by atoms with Crippen molar-refractivity contribution in [3.8, 4) is 5.75 Å². The van der Waals surface area contributed by atoms with E-state index in [4.69, 9.17) is 4.74 Å². The van der Waals surface area contributed by atoms with Crippen molar-refractivity contribution in [3.63, 3.8) is 0 Å². The first kappa shape index (κ1) is 22.2. The Morgan fingerprint density at radius 3 is 2.64 bits per heavy atom. The van der Waals surface area contributed by atoms with E-state index in [-0.39, 0.29) is 0 Å². The largest absolute Gasteiger partial charge is 0.494 e. The molecule has 8 nitrogen and oxygen atoms in total. The van der Waals surface area contributed by atoms with Gasteiger partial charge in [0.15, 0.2) is 4.34 Å². The van der Waals surface area contributed by atoms with E-state index in [0.717, 1.165) is 10.6 Å². The van der Waals surface area contributed by atoms with E-state index in [9.17, 15) is 13.2 Å². The normalized spacial score (nSPS) is 12.2. The van der Waals surface area contributed by atoms with Gasteiger partial charge in [-0.05, 0) is 38.1 Å². The number of benzene rings is 1. The van der Waals surface area contributed by atoms with Crippen LogP contribution in [0.4, 0.5) is 10.8 Å². The topological polar surface area (TPSA) is 101 Å². The van der Waals surface area contributed by atoms with Gasteiger partial charge in [-0.2, -0.15) is 0 Å². The van der Waals surface area contributed by atoms with Crippen molar-refractivity contribution in [2.75, 3.05) is 28.2 Å². The number of nitrogens with one attached hydrogen (secondary N) is 1. The summed E-state index contributed by atoms with van der Waals surface area (Å²) >= 11 is 2.66. The number of aromatic nitrogens is 2. The lowest BCUT2D eigenvalue weighted by Gasteiger charge is -2.28. The van der Waals surface area contributed by atoms with Crippen LogP contribution >= 0.6 is 23.1 Å². The molecule has 28 heavy (non-hydrogen) atoms. The molecule has 0 unspecified atom stereocenters. The van der Waals surface area contributed by atoms with E-state index in [1.54, 1.807) is 30.3 Å². The standard InChI is InChI=1S/C17H22N4O4S3/c1-5-11-26-17-20-19-16(27-17)18-15(22)12(3)21(28(4,23)24)13-7-9-14(10-8-13)25-6-2/h5,7-10,12H,1,6,11H2,2-4H3,(H,18,19,22)/t12-/m0/s1. The molecule has 11 heteroatoms. The molecule has 0 aliphatic rings. The smallest absolute Gasteiger partial charge is 0.249 e. The third-order valence-corrected chi connectivity index (χ3v) is 6.66. The van der Waals surface area contributed by atoms with Gasteiger partial charge in [0.05, 0.1) is 18.6 Å². The molecule has 1 aromatic heterocycles. The Balaban J connectivity index is 2.18. The minimum Gasteiger partial charge on any atom is -0.494 e. The minimum atomic E-state index is -3.70. The number of hydrogen-bond acceptors (Lipinski definition) is 8. The summed E-state index contributed by atoms with van der Waals surface area (Å²) in [7, 11) is -3.70. The van der Waals surface area contributed by atoms with Crippen LogP contribution in [0, 0.1) is 0 Å². The lowest BCUT2D eigenvalue weighted by molar-refractivity contribution is -0.116. The third kappa shape index (κ3) is 5.94. The van der Waals surface area contributed by atoms with Crippen molar-refractivity contribution >= 4 is 49.8 Å². The fraction of sp³-hybridized carbons (Fsp3) is 0.353. The number of anilines is 2.